The van der Waals surface area contributed by atoms with Gasteiger partial charge in [-0.15, -0.1) is 23.5 Å². The Hall–Kier alpha value is -1.92. The second kappa shape index (κ2) is 11.0. The Labute approximate surface area is 169 Å². The third-order valence-electron chi connectivity index (χ3n) is 3.68. The fourth-order valence-corrected chi connectivity index (χ4v) is 4.91. The smallest absolute Gasteiger partial charge is 0.260 e. The van der Waals surface area contributed by atoms with E-state index in [4.69, 9.17) is 0 Å². The van der Waals surface area contributed by atoms with Crippen LogP contribution >= 0.6 is 23.5 Å². The minimum absolute atomic E-state index is 0.293. The summed E-state index contributed by atoms with van der Waals surface area (Å²) in [5, 5.41) is 5.85. The predicted molar refractivity (Wildman–Crippen MR) is 118 cm³/mol. The topological polar surface area (TPSA) is 58.2 Å². The van der Waals surface area contributed by atoms with Gasteiger partial charge in [-0.05, 0) is 48.6 Å². The number of carbonyl (C=O) groups excluding carboxylic acids is 2. The highest BCUT2D eigenvalue weighted by Crippen LogP contribution is 2.40. The Morgan fingerprint density at radius 3 is 1.44 bits per heavy atom. The number of para-hydroxylation sites is 2. The maximum absolute atomic E-state index is 13.3. The molecule has 0 spiro atoms. The number of hydrogen-bond acceptors (Lipinski definition) is 4. The minimum atomic E-state index is -1.24. The molecule has 0 atom stereocenters. The SMILES string of the molecule is CCCSC(SCCC)(C(=O)Nc1ccccc1)C(=O)Nc1ccccc1. The van der Waals surface area contributed by atoms with Crippen LogP contribution in [0.5, 0.6) is 0 Å². The van der Waals surface area contributed by atoms with Gasteiger partial charge in [-0.1, -0.05) is 50.2 Å². The molecule has 2 aromatic carbocycles. The van der Waals surface area contributed by atoms with Gasteiger partial charge in [-0.2, -0.15) is 0 Å². The first-order valence-electron chi connectivity index (χ1n) is 9.13. The molecule has 2 amide bonds. The first-order valence-corrected chi connectivity index (χ1v) is 11.1. The number of rotatable bonds is 10. The molecule has 6 heteroatoms. The monoisotopic (exact) mass is 402 g/mol. The van der Waals surface area contributed by atoms with Crippen LogP contribution in [0.2, 0.25) is 0 Å². The Bertz CT molecular complexity index is 660. The molecule has 0 saturated heterocycles. The molecule has 2 aromatic rings. The lowest BCUT2D eigenvalue weighted by atomic mass is 10.2. The van der Waals surface area contributed by atoms with Crippen molar-refractivity contribution in [2.45, 2.75) is 30.8 Å². The number of benzene rings is 2. The van der Waals surface area contributed by atoms with Crippen molar-refractivity contribution in [2.24, 2.45) is 0 Å². The average Bonchev–Trinajstić information content (AvgIpc) is 2.70. The lowest BCUT2D eigenvalue weighted by molar-refractivity contribution is -0.124. The van der Waals surface area contributed by atoms with Gasteiger partial charge < -0.3 is 10.6 Å². The highest BCUT2D eigenvalue weighted by Gasteiger charge is 2.47. The van der Waals surface area contributed by atoms with Gasteiger partial charge in [0.2, 0.25) is 4.08 Å². The summed E-state index contributed by atoms with van der Waals surface area (Å²) in [4.78, 5) is 26.5. The molecule has 0 saturated carbocycles. The van der Waals surface area contributed by atoms with Crippen LogP contribution in [0.1, 0.15) is 26.7 Å². The summed E-state index contributed by atoms with van der Waals surface area (Å²) >= 11 is 2.81. The lowest BCUT2D eigenvalue weighted by Crippen LogP contribution is -2.48. The third kappa shape index (κ3) is 6.04. The average molecular weight is 403 g/mol. The normalized spacial score (nSPS) is 11.0. The summed E-state index contributed by atoms with van der Waals surface area (Å²) in [5.74, 6) is 0.862. The zero-order valence-corrected chi connectivity index (χ0v) is 17.4. The van der Waals surface area contributed by atoms with E-state index in [1.165, 1.54) is 23.5 Å². The number of thioether (sulfide) groups is 2. The molecular weight excluding hydrogens is 376 g/mol. The molecule has 0 aliphatic heterocycles. The van der Waals surface area contributed by atoms with Crippen LogP contribution in [0.4, 0.5) is 11.4 Å². The number of nitrogens with one attached hydrogen (secondary N) is 2. The Kier molecular flexibility index (Phi) is 8.75. The van der Waals surface area contributed by atoms with Crippen LogP contribution < -0.4 is 10.6 Å². The zero-order chi connectivity index (χ0) is 19.5. The highest BCUT2D eigenvalue weighted by molar-refractivity contribution is 8.20. The molecule has 2 N–H and O–H groups in total. The van der Waals surface area contributed by atoms with E-state index in [2.05, 4.69) is 10.6 Å². The summed E-state index contributed by atoms with van der Waals surface area (Å²) in [7, 11) is 0. The van der Waals surface area contributed by atoms with Crippen LogP contribution in [-0.2, 0) is 9.59 Å². The van der Waals surface area contributed by atoms with E-state index in [-0.39, 0.29) is 11.8 Å². The van der Waals surface area contributed by atoms with Gasteiger partial charge in [0, 0.05) is 11.4 Å². The molecule has 27 heavy (non-hydrogen) atoms. The summed E-state index contributed by atoms with van der Waals surface area (Å²) in [6, 6.07) is 18.5. The molecule has 0 bridgehead atoms. The van der Waals surface area contributed by atoms with Gasteiger partial charge in [-0.3, -0.25) is 9.59 Å². The highest BCUT2D eigenvalue weighted by atomic mass is 32.2. The van der Waals surface area contributed by atoms with Crippen LogP contribution in [-0.4, -0.2) is 27.4 Å². The quantitative estimate of drug-likeness (QED) is 0.421. The van der Waals surface area contributed by atoms with Gasteiger partial charge >= 0.3 is 0 Å². The lowest BCUT2D eigenvalue weighted by Gasteiger charge is -2.30. The van der Waals surface area contributed by atoms with Gasteiger partial charge in [0.1, 0.15) is 0 Å². The predicted octanol–water partition coefficient (Wildman–Crippen LogP) is 5.25. The number of hydrogen-bond donors (Lipinski definition) is 2. The summed E-state index contributed by atoms with van der Waals surface area (Å²) < 4.78 is -1.24. The Morgan fingerprint density at radius 2 is 1.11 bits per heavy atom. The fraction of sp³-hybridized carbons (Fsp3) is 0.333. The molecule has 0 radical (unpaired) electrons. The van der Waals surface area contributed by atoms with Gasteiger partial charge in [0.05, 0.1) is 0 Å². The second-order valence-corrected chi connectivity index (χ2v) is 8.83. The van der Waals surface area contributed by atoms with E-state index >= 15 is 0 Å². The van der Waals surface area contributed by atoms with Crippen molar-refractivity contribution in [3.05, 3.63) is 60.7 Å². The maximum Gasteiger partial charge on any atom is 0.260 e. The van der Waals surface area contributed by atoms with Crippen molar-refractivity contribution in [3.63, 3.8) is 0 Å². The van der Waals surface area contributed by atoms with Gasteiger partial charge in [-0.25, -0.2) is 0 Å². The van der Waals surface area contributed by atoms with Crippen LogP contribution in [0.15, 0.2) is 60.7 Å². The molecule has 0 aliphatic rings. The van der Waals surface area contributed by atoms with E-state index in [9.17, 15) is 9.59 Å². The van der Waals surface area contributed by atoms with Crippen molar-refractivity contribution >= 4 is 46.7 Å². The summed E-state index contributed by atoms with van der Waals surface area (Å²) in [6.45, 7) is 4.10. The summed E-state index contributed by atoms with van der Waals surface area (Å²) in [5.41, 5.74) is 1.38. The minimum Gasteiger partial charge on any atom is -0.324 e. The van der Waals surface area contributed by atoms with E-state index in [0.29, 0.717) is 11.4 Å². The van der Waals surface area contributed by atoms with E-state index < -0.39 is 4.08 Å². The molecule has 0 aromatic heterocycles. The standard InChI is InChI=1S/C21H26N2O2S2/c1-3-15-26-21(27-16-4-2,19(24)22-17-11-7-5-8-12-17)20(25)23-18-13-9-6-10-14-18/h5-14H,3-4,15-16H2,1-2H3,(H,22,24)(H,23,25). The van der Waals surface area contributed by atoms with E-state index in [1.807, 2.05) is 74.5 Å². The third-order valence-corrected chi connectivity index (χ3v) is 7.17. The van der Waals surface area contributed by atoms with Gasteiger partial charge in [0.25, 0.3) is 11.8 Å². The Morgan fingerprint density at radius 1 is 0.741 bits per heavy atom. The summed E-state index contributed by atoms with van der Waals surface area (Å²) in [6.07, 6.45) is 1.77. The first kappa shape index (κ1) is 21.4. The van der Waals surface area contributed by atoms with Gasteiger partial charge in [0.15, 0.2) is 0 Å². The fourth-order valence-electron chi connectivity index (χ4n) is 2.37. The molecule has 0 aliphatic carbocycles. The molecular formula is C21H26N2O2S2. The van der Waals surface area contributed by atoms with Crippen molar-refractivity contribution in [1.82, 2.24) is 0 Å². The van der Waals surface area contributed by atoms with E-state index in [0.717, 1.165) is 24.3 Å². The van der Waals surface area contributed by atoms with Crippen molar-refractivity contribution in [3.8, 4) is 0 Å². The van der Waals surface area contributed by atoms with E-state index in [1.54, 1.807) is 0 Å². The number of amides is 2. The largest absolute Gasteiger partial charge is 0.324 e. The van der Waals surface area contributed by atoms with Crippen molar-refractivity contribution < 1.29 is 9.59 Å². The molecule has 0 unspecified atom stereocenters. The van der Waals surface area contributed by atoms with Crippen molar-refractivity contribution in [1.29, 1.82) is 0 Å². The molecule has 144 valence electrons. The second-order valence-electron chi connectivity index (χ2n) is 5.95. The van der Waals surface area contributed by atoms with Crippen LogP contribution in [0, 0.1) is 0 Å². The molecule has 0 fully saturated rings. The number of anilines is 2. The number of carbonyl (C=O) groups is 2. The van der Waals surface area contributed by atoms with Crippen LogP contribution in [0.3, 0.4) is 0 Å². The molecule has 0 heterocycles. The molecule has 4 nitrogen and oxygen atoms in total. The zero-order valence-electron chi connectivity index (χ0n) is 15.7. The first-order chi connectivity index (χ1) is 13.1. The van der Waals surface area contributed by atoms with Crippen LogP contribution in [0.25, 0.3) is 0 Å². The molecule has 2 rings (SSSR count). The maximum atomic E-state index is 13.3. The Balaban J connectivity index is 2.31. The van der Waals surface area contributed by atoms with Crippen molar-refractivity contribution in [2.75, 3.05) is 22.1 Å².